The summed E-state index contributed by atoms with van der Waals surface area (Å²) in [5.41, 5.74) is 3.75. The number of fused-ring (bicyclic) bond motifs is 4. The third-order valence-corrected chi connectivity index (χ3v) is 10.9. The molecule has 49 heavy (non-hydrogen) atoms. The molecule has 0 radical (unpaired) electrons. The Morgan fingerprint density at radius 2 is 1.73 bits per heavy atom. The number of aliphatic hydroxyl groups excluding tert-OH is 5. The Balaban J connectivity index is 1.20. The average molecular weight is 683 g/mol. The number of hydrogen-bond donors (Lipinski definition) is 5. The second kappa shape index (κ2) is 13.6. The summed E-state index contributed by atoms with van der Waals surface area (Å²) in [6.07, 6.45) is -5.07. The molecule has 0 aromatic rings. The molecule has 11 atom stereocenters. The van der Waals surface area contributed by atoms with Crippen molar-refractivity contribution in [3.05, 3.63) is 69.9 Å². The van der Waals surface area contributed by atoms with Crippen molar-refractivity contribution >= 4 is 23.5 Å². The monoisotopic (exact) mass is 682 g/mol. The Morgan fingerprint density at radius 1 is 1.02 bits per heavy atom. The van der Waals surface area contributed by atoms with Gasteiger partial charge in [-0.05, 0) is 62.3 Å². The number of rotatable bonds is 8. The molecule has 5 N–H and O–H groups in total. The van der Waals surface area contributed by atoms with E-state index in [9.17, 15) is 44.7 Å². The fourth-order valence-electron chi connectivity index (χ4n) is 8.27. The molecule has 4 aliphatic carbocycles. The van der Waals surface area contributed by atoms with Gasteiger partial charge < -0.3 is 44.5 Å². The molecule has 0 bridgehead atoms. The van der Waals surface area contributed by atoms with Crippen molar-refractivity contribution in [3.63, 3.8) is 0 Å². The number of carbonyl (C=O) groups excluding carboxylic acids is 4. The quantitative estimate of drug-likeness (QED) is 0.174. The van der Waals surface area contributed by atoms with Gasteiger partial charge in [-0.3, -0.25) is 9.59 Å². The first kappa shape index (κ1) is 35.3. The number of ether oxygens (including phenoxy) is 4. The van der Waals surface area contributed by atoms with Crippen LogP contribution in [-0.2, 0) is 38.1 Å². The zero-order valence-corrected chi connectivity index (χ0v) is 27.4. The molecule has 6 rings (SSSR count). The van der Waals surface area contributed by atoms with E-state index in [-0.39, 0.29) is 54.2 Å². The van der Waals surface area contributed by atoms with Crippen molar-refractivity contribution in [3.8, 4) is 0 Å². The fraction of sp³-hybridized carbons (Fsp3) is 0.556. The van der Waals surface area contributed by atoms with Crippen molar-refractivity contribution in [2.45, 2.75) is 82.4 Å². The van der Waals surface area contributed by atoms with Gasteiger partial charge in [0.25, 0.3) is 0 Å². The topological polar surface area (TPSA) is 206 Å². The predicted molar refractivity (Wildman–Crippen MR) is 169 cm³/mol. The Morgan fingerprint density at radius 3 is 2.43 bits per heavy atom. The van der Waals surface area contributed by atoms with Crippen molar-refractivity contribution in [2.24, 2.45) is 23.7 Å². The van der Waals surface area contributed by atoms with Gasteiger partial charge in [0, 0.05) is 40.5 Å². The summed E-state index contributed by atoms with van der Waals surface area (Å²) in [4.78, 5) is 52.8. The van der Waals surface area contributed by atoms with E-state index in [0.717, 1.165) is 5.57 Å². The molecule has 2 aliphatic heterocycles. The first-order valence-electron chi connectivity index (χ1n) is 16.5. The van der Waals surface area contributed by atoms with E-state index in [2.05, 4.69) is 13.2 Å². The zero-order valence-electron chi connectivity index (χ0n) is 27.4. The number of aliphatic hydroxyl groups is 5. The van der Waals surface area contributed by atoms with Crippen LogP contribution in [-0.4, -0.2) is 112 Å². The maximum absolute atomic E-state index is 13.8. The van der Waals surface area contributed by atoms with Crippen molar-refractivity contribution < 1.29 is 63.7 Å². The van der Waals surface area contributed by atoms with Crippen LogP contribution >= 0.6 is 0 Å². The highest BCUT2D eigenvalue weighted by Crippen LogP contribution is 2.49. The molecule has 2 heterocycles. The highest BCUT2D eigenvalue weighted by Gasteiger charge is 2.55. The molecule has 0 amide bonds. The Labute approximate surface area is 282 Å². The molecule has 6 aliphatic rings. The largest absolute Gasteiger partial charge is 0.458 e. The molecule has 0 unspecified atom stereocenters. The second-order valence-electron chi connectivity index (χ2n) is 13.8. The summed E-state index contributed by atoms with van der Waals surface area (Å²) in [7, 11) is 0. The van der Waals surface area contributed by atoms with E-state index in [4.69, 9.17) is 18.9 Å². The maximum Gasteiger partial charge on any atom is 0.334 e. The van der Waals surface area contributed by atoms with E-state index in [1.807, 2.05) is 6.92 Å². The minimum absolute atomic E-state index is 0.0807. The Kier molecular flexibility index (Phi) is 9.81. The van der Waals surface area contributed by atoms with E-state index in [1.54, 1.807) is 13.0 Å². The summed E-state index contributed by atoms with van der Waals surface area (Å²) in [5, 5.41) is 50.2. The highest BCUT2D eigenvalue weighted by atomic mass is 16.7. The molecule has 0 aromatic heterocycles. The van der Waals surface area contributed by atoms with E-state index in [0.29, 0.717) is 47.1 Å². The van der Waals surface area contributed by atoms with Crippen molar-refractivity contribution in [1.82, 2.24) is 0 Å². The van der Waals surface area contributed by atoms with E-state index >= 15 is 0 Å². The third-order valence-electron chi connectivity index (χ3n) is 10.9. The summed E-state index contributed by atoms with van der Waals surface area (Å²) in [6.45, 7) is 10.4. The van der Waals surface area contributed by atoms with Crippen LogP contribution in [0.4, 0.5) is 0 Å². The van der Waals surface area contributed by atoms with Crippen LogP contribution in [0.5, 0.6) is 0 Å². The summed E-state index contributed by atoms with van der Waals surface area (Å²) in [5.74, 6) is -4.05. The predicted octanol–water partition coefficient (Wildman–Crippen LogP) is 0.448. The van der Waals surface area contributed by atoms with Crippen LogP contribution in [0.1, 0.15) is 39.5 Å². The SMILES string of the molecule is C=C(C(=O)O[C@H]1CC(C)=C2C(=O)C=C(CO[C@@H]3O[C@@H](CO)[C@@H](O)[C@H](O)[C@@H]3O)[C@@H]2[C@@H]2OC(=O)C(=C)[C@@H]21)[C@@H]1CCC(CO)=C2C(=O)C=C(C)[C@@H]2C1. The number of esters is 2. The number of allylic oxidation sites excluding steroid dienone is 4. The van der Waals surface area contributed by atoms with Crippen LogP contribution in [0.15, 0.2) is 69.9 Å². The number of ketones is 2. The van der Waals surface area contributed by atoms with Gasteiger partial charge in [0.2, 0.25) is 0 Å². The molecule has 264 valence electrons. The standard InChI is InChI=1S/C36H42O13/c1-14-7-22(39)28-19(11-37)6-5-18(9-21(14)28)16(3)34(44)47-24-8-15(2)26-23(40)10-20(29(26)33-27(24)17(4)35(45)49-33)13-46-36-32(43)31(42)30(41)25(12-38)48-36/h7,10,18,21,24-25,27,29-33,36-38,41-43H,3-6,8-9,11-13H2,1-2H3/t18-,21+,24+,25+,27-,29+,30-,31+,32+,33-,36-/m1/s1. The Bertz CT molecular complexity index is 1610. The molecule has 0 aromatic carbocycles. The molecular formula is C36H42O13. The molecule has 13 heteroatoms. The highest BCUT2D eigenvalue weighted by molar-refractivity contribution is 6.10. The smallest absolute Gasteiger partial charge is 0.334 e. The van der Waals surface area contributed by atoms with Gasteiger partial charge in [-0.2, -0.15) is 0 Å². The van der Waals surface area contributed by atoms with Crippen LogP contribution < -0.4 is 0 Å². The summed E-state index contributed by atoms with van der Waals surface area (Å²) >= 11 is 0. The molecule has 0 spiro atoms. The van der Waals surface area contributed by atoms with Gasteiger partial charge in [0.05, 0.1) is 25.7 Å². The molecular weight excluding hydrogens is 640 g/mol. The lowest BCUT2D eigenvalue weighted by molar-refractivity contribution is -0.299. The average Bonchev–Trinajstić information content (AvgIpc) is 3.55. The summed E-state index contributed by atoms with van der Waals surface area (Å²) < 4.78 is 23.1. The normalized spacial score (nSPS) is 37.6. The molecule has 0 saturated carbocycles. The minimum atomic E-state index is -1.66. The lowest BCUT2D eigenvalue weighted by atomic mass is 9.81. The maximum atomic E-state index is 13.8. The number of carbonyl (C=O) groups is 4. The Hall–Kier alpha value is -3.56. The van der Waals surface area contributed by atoms with Crippen LogP contribution in [0, 0.1) is 23.7 Å². The van der Waals surface area contributed by atoms with Crippen LogP contribution in [0.25, 0.3) is 0 Å². The third kappa shape index (κ3) is 6.11. The van der Waals surface area contributed by atoms with Crippen LogP contribution in [0.3, 0.4) is 0 Å². The minimum Gasteiger partial charge on any atom is -0.458 e. The van der Waals surface area contributed by atoms with Gasteiger partial charge in [0.1, 0.15) is 36.6 Å². The number of hydrogen-bond acceptors (Lipinski definition) is 13. The first-order valence-corrected chi connectivity index (χ1v) is 16.5. The zero-order chi connectivity index (χ0) is 35.5. The molecule has 2 fully saturated rings. The van der Waals surface area contributed by atoms with E-state index in [1.165, 1.54) is 6.08 Å². The van der Waals surface area contributed by atoms with Gasteiger partial charge in [-0.1, -0.05) is 24.3 Å². The van der Waals surface area contributed by atoms with Gasteiger partial charge in [-0.25, -0.2) is 9.59 Å². The molecule has 2 saturated heterocycles. The van der Waals surface area contributed by atoms with Gasteiger partial charge in [0.15, 0.2) is 17.9 Å². The van der Waals surface area contributed by atoms with Crippen molar-refractivity contribution in [1.29, 1.82) is 0 Å². The summed E-state index contributed by atoms with van der Waals surface area (Å²) in [6, 6.07) is 0. The second-order valence-corrected chi connectivity index (χ2v) is 13.8. The first-order chi connectivity index (χ1) is 23.3. The lowest BCUT2D eigenvalue weighted by Crippen LogP contribution is -2.59. The van der Waals surface area contributed by atoms with Crippen molar-refractivity contribution in [2.75, 3.05) is 19.8 Å². The van der Waals surface area contributed by atoms with Gasteiger partial charge in [-0.15, -0.1) is 0 Å². The van der Waals surface area contributed by atoms with Gasteiger partial charge >= 0.3 is 11.9 Å². The fourth-order valence-corrected chi connectivity index (χ4v) is 8.27. The molecule has 13 nitrogen and oxygen atoms in total. The van der Waals surface area contributed by atoms with E-state index < -0.39 is 73.3 Å². The lowest BCUT2D eigenvalue weighted by Gasteiger charge is -2.39. The van der Waals surface area contributed by atoms with Crippen LogP contribution in [0.2, 0.25) is 0 Å².